The van der Waals surface area contributed by atoms with Crippen LogP contribution in [-0.4, -0.2) is 22.6 Å². The summed E-state index contributed by atoms with van der Waals surface area (Å²) in [5.41, 5.74) is 6.78. The Labute approximate surface area is 186 Å². The van der Waals surface area contributed by atoms with Gasteiger partial charge in [-0.3, -0.25) is 25.2 Å². The third-order valence-electron chi connectivity index (χ3n) is 4.47. The van der Waals surface area contributed by atoms with Crippen molar-refractivity contribution in [1.82, 2.24) is 15.8 Å². The Morgan fingerprint density at radius 3 is 2.19 bits per heavy atom. The number of nitrogens with zero attached hydrogens (tertiary/aromatic N) is 1. The molecule has 0 aliphatic carbocycles. The van der Waals surface area contributed by atoms with Crippen LogP contribution in [0.2, 0.25) is 0 Å². The molecule has 154 valence electrons. The van der Waals surface area contributed by atoms with E-state index < -0.39 is 11.8 Å². The van der Waals surface area contributed by atoms with Gasteiger partial charge < -0.3 is 0 Å². The monoisotopic (exact) mass is 447 g/mol. The van der Waals surface area contributed by atoms with Gasteiger partial charge in [0.05, 0.1) is 16.1 Å². The quantitative estimate of drug-likeness (QED) is 0.349. The molecule has 8 heteroatoms. The van der Waals surface area contributed by atoms with Crippen LogP contribution in [0.1, 0.15) is 41.0 Å². The third kappa shape index (κ3) is 4.45. The zero-order valence-corrected chi connectivity index (χ0v) is 18.0. The lowest BCUT2D eigenvalue weighted by molar-refractivity contribution is 0.0846. The second kappa shape index (κ2) is 9.03. The van der Waals surface area contributed by atoms with Crippen molar-refractivity contribution in [2.75, 3.05) is 0 Å². The molecule has 31 heavy (non-hydrogen) atoms. The molecule has 0 aliphatic rings. The lowest BCUT2D eigenvalue weighted by Gasteiger charge is -2.10. The van der Waals surface area contributed by atoms with E-state index in [9.17, 15) is 14.4 Å². The van der Waals surface area contributed by atoms with Crippen LogP contribution in [0.5, 0.6) is 0 Å². The Bertz CT molecular complexity index is 1250. The van der Waals surface area contributed by atoms with Crippen molar-refractivity contribution in [2.45, 2.75) is 6.92 Å². The highest BCUT2D eigenvalue weighted by atomic mass is 32.1. The predicted molar refractivity (Wildman–Crippen MR) is 121 cm³/mol. The smallest absolute Gasteiger partial charge is 0.281 e. The van der Waals surface area contributed by atoms with E-state index in [-0.39, 0.29) is 16.9 Å². The zero-order valence-electron chi connectivity index (χ0n) is 16.4. The second-order valence-electron chi connectivity index (χ2n) is 6.56. The van der Waals surface area contributed by atoms with Gasteiger partial charge in [0, 0.05) is 11.1 Å². The minimum atomic E-state index is -0.570. The minimum absolute atomic E-state index is 0.187. The Kier molecular flexibility index (Phi) is 6.01. The first-order valence-electron chi connectivity index (χ1n) is 9.35. The molecule has 4 aromatic rings. The maximum absolute atomic E-state index is 12.7. The molecule has 2 heterocycles. The van der Waals surface area contributed by atoms with Crippen LogP contribution in [0.3, 0.4) is 0 Å². The van der Waals surface area contributed by atoms with Gasteiger partial charge in [-0.2, -0.15) is 0 Å². The molecule has 2 N–H and O–H groups in total. The number of amides is 2. The summed E-state index contributed by atoms with van der Waals surface area (Å²) in [6, 6.07) is 19.6. The summed E-state index contributed by atoms with van der Waals surface area (Å²) in [5, 5.41) is 2.53. The molecule has 2 aromatic carbocycles. The third-order valence-corrected chi connectivity index (χ3v) is 6.55. The lowest BCUT2D eigenvalue weighted by atomic mass is 10.0. The molecule has 0 aliphatic heterocycles. The summed E-state index contributed by atoms with van der Waals surface area (Å²) < 4.78 is 0. The number of hydrogen-bond donors (Lipinski definition) is 2. The number of thiophene rings is 1. The van der Waals surface area contributed by atoms with E-state index in [1.165, 1.54) is 22.7 Å². The number of hydrogen-bond acceptors (Lipinski definition) is 6. The molecule has 0 saturated carbocycles. The van der Waals surface area contributed by atoms with E-state index in [2.05, 4.69) is 15.8 Å². The Hall–Kier alpha value is -3.62. The maximum atomic E-state index is 12.7. The SMILES string of the molecule is Cc1nc(-c2ccccc2)sc1C(=O)NNC(=O)c1ccccc1C(=O)c1cccs1. The Morgan fingerprint density at radius 2 is 1.48 bits per heavy atom. The fourth-order valence-electron chi connectivity index (χ4n) is 2.97. The first kappa shape index (κ1) is 20.6. The molecule has 0 fully saturated rings. The van der Waals surface area contributed by atoms with Crippen molar-refractivity contribution in [2.24, 2.45) is 0 Å². The van der Waals surface area contributed by atoms with Crippen molar-refractivity contribution in [3.05, 3.63) is 98.7 Å². The van der Waals surface area contributed by atoms with E-state index in [0.717, 1.165) is 10.6 Å². The van der Waals surface area contributed by atoms with Crippen molar-refractivity contribution in [3.8, 4) is 10.6 Å². The zero-order chi connectivity index (χ0) is 21.8. The topological polar surface area (TPSA) is 88.2 Å². The summed E-state index contributed by atoms with van der Waals surface area (Å²) in [6.45, 7) is 1.74. The van der Waals surface area contributed by atoms with E-state index in [0.29, 0.717) is 15.4 Å². The van der Waals surface area contributed by atoms with Crippen LogP contribution in [0, 0.1) is 6.92 Å². The molecule has 6 nitrogen and oxygen atoms in total. The van der Waals surface area contributed by atoms with Crippen molar-refractivity contribution in [3.63, 3.8) is 0 Å². The summed E-state index contributed by atoms with van der Waals surface area (Å²) in [4.78, 5) is 43.4. The Morgan fingerprint density at radius 1 is 0.806 bits per heavy atom. The first-order chi connectivity index (χ1) is 15.0. The lowest BCUT2D eigenvalue weighted by Crippen LogP contribution is -2.42. The van der Waals surface area contributed by atoms with Gasteiger partial charge in [0.25, 0.3) is 11.8 Å². The minimum Gasteiger partial charge on any atom is -0.288 e. The maximum Gasteiger partial charge on any atom is 0.281 e. The van der Waals surface area contributed by atoms with Crippen LogP contribution in [0.15, 0.2) is 72.1 Å². The predicted octanol–water partition coefficient (Wildman–Crippen LogP) is 4.49. The summed E-state index contributed by atoms with van der Waals surface area (Å²) in [6.07, 6.45) is 0. The first-order valence-corrected chi connectivity index (χ1v) is 11.0. The number of thiazole rings is 1. The highest BCUT2D eigenvalue weighted by molar-refractivity contribution is 7.17. The Balaban J connectivity index is 1.48. The fourth-order valence-corrected chi connectivity index (χ4v) is 4.61. The number of carbonyl (C=O) groups is 3. The molecule has 0 unspecified atom stereocenters. The number of benzene rings is 2. The average molecular weight is 448 g/mol. The molecule has 0 atom stereocenters. The van der Waals surface area contributed by atoms with Gasteiger partial charge in [-0.05, 0) is 24.4 Å². The number of nitrogens with one attached hydrogen (secondary N) is 2. The van der Waals surface area contributed by atoms with E-state index in [1.54, 1.807) is 48.7 Å². The highest BCUT2D eigenvalue weighted by Crippen LogP contribution is 2.27. The number of hydrazine groups is 1. The standard InChI is InChI=1S/C23H17N3O3S2/c1-14-20(31-23(24-14)15-8-3-2-4-9-15)22(29)26-25-21(28)17-11-6-5-10-16(17)19(27)18-12-7-13-30-18/h2-13H,1H3,(H,25,28)(H,26,29). The van der Waals surface area contributed by atoms with Gasteiger partial charge in [0.2, 0.25) is 5.78 Å². The molecule has 0 bridgehead atoms. The normalized spacial score (nSPS) is 10.5. The van der Waals surface area contributed by atoms with Crippen LogP contribution >= 0.6 is 22.7 Å². The van der Waals surface area contributed by atoms with Gasteiger partial charge in [-0.1, -0.05) is 54.6 Å². The van der Waals surface area contributed by atoms with Crippen LogP contribution in [-0.2, 0) is 0 Å². The number of aromatic nitrogens is 1. The molecule has 0 saturated heterocycles. The fraction of sp³-hybridized carbons (Fsp3) is 0.0435. The van der Waals surface area contributed by atoms with Gasteiger partial charge in [-0.15, -0.1) is 22.7 Å². The molecule has 0 spiro atoms. The van der Waals surface area contributed by atoms with Gasteiger partial charge in [-0.25, -0.2) is 4.98 Å². The van der Waals surface area contributed by atoms with Crippen LogP contribution < -0.4 is 10.9 Å². The van der Waals surface area contributed by atoms with E-state index >= 15 is 0 Å². The second-order valence-corrected chi connectivity index (χ2v) is 8.51. The molecule has 2 amide bonds. The highest BCUT2D eigenvalue weighted by Gasteiger charge is 2.20. The van der Waals surface area contributed by atoms with Gasteiger partial charge >= 0.3 is 0 Å². The van der Waals surface area contributed by atoms with Gasteiger partial charge in [0.15, 0.2) is 0 Å². The van der Waals surface area contributed by atoms with E-state index in [4.69, 9.17) is 0 Å². The average Bonchev–Trinajstić information content (AvgIpc) is 3.47. The number of ketones is 1. The molecule has 2 aromatic heterocycles. The van der Waals surface area contributed by atoms with Crippen molar-refractivity contribution in [1.29, 1.82) is 0 Å². The largest absolute Gasteiger partial charge is 0.288 e. The van der Waals surface area contributed by atoms with Crippen LogP contribution in [0.4, 0.5) is 0 Å². The summed E-state index contributed by atoms with van der Waals surface area (Å²) in [7, 11) is 0. The van der Waals surface area contributed by atoms with Crippen LogP contribution in [0.25, 0.3) is 10.6 Å². The molecule has 4 rings (SSSR count). The van der Waals surface area contributed by atoms with Gasteiger partial charge in [0.1, 0.15) is 9.88 Å². The summed E-state index contributed by atoms with van der Waals surface area (Å²) >= 11 is 2.55. The molecular formula is C23H17N3O3S2. The van der Waals surface area contributed by atoms with Crippen molar-refractivity contribution < 1.29 is 14.4 Å². The molecular weight excluding hydrogens is 430 g/mol. The van der Waals surface area contributed by atoms with E-state index in [1.807, 2.05) is 30.3 Å². The number of rotatable bonds is 5. The number of carbonyl (C=O) groups excluding carboxylic acids is 3. The molecule has 0 radical (unpaired) electrons. The summed E-state index contributed by atoms with van der Waals surface area (Å²) in [5.74, 6) is -1.27. The van der Waals surface area contributed by atoms with Crippen molar-refractivity contribution >= 4 is 40.3 Å². The number of aryl methyl sites for hydroxylation is 1.